The van der Waals surface area contributed by atoms with Gasteiger partial charge in [-0.1, -0.05) is 30.3 Å². The van der Waals surface area contributed by atoms with E-state index in [2.05, 4.69) is 16.0 Å². The summed E-state index contributed by atoms with van der Waals surface area (Å²) in [6, 6.07) is 16.4. The van der Waals surface area contributed by atoms with Crippen LogP contribution in [0.5, 0.6) is 0 Å². The second kappa shape index (κ2) is 13.0. The number of hydrogen-bond acceptors (Lipinski definition) is 6. The molecule has 7 nitrogen and oxygen atoms in total. The number of halogens is 3. The summed E-state index contributed by atoms with van der Waals surface area (Å²) >= 11 is 1.40. The van der Waals surface area contributed by atoms with E-state index in [0.29, 0.717) is 48.2 Å². The Morgan fingerprint density at radius 2 is 1.68 bits per heavy atom. The fourth-order valence-corrected chi connectivity index (χ4v) is 6.42. The molecule has 2 aromatic carbocycles. The number of nitriles is 1. The van der Waals surface area contributed by atoms with Crippen LogP contribution in [0.1, 0.15) is 75.6 Å². The number of pyridine rings is 1. The lowest BCUT2D eigenvalue weighted by atomic mass is 9.94. The largest absolute Gasteiger partial charge is 0.416 e. The van der Waals surface area contributed by atoms with Gasteiger partial charge in [0.2, 0.25) is 0 Å². The lowest BCUT2D eigenvalue weighted by Gasteiger charge is -2.32. The van der Waals surface area contributed by atoms with E-state index in [1.807, 2.05) is 13.8 Å². The molecule has 0 radical (unpaired) electrons. The van der Waals surface area contributed by atoms with Crippen LogP contribution in [0.2, 0.25) is 0 Å². The molecule has 1 aliphatic heterocycles. The SMILES string of the molecule is CC(C)N(C(=O)c1csc(C2CCN(C(=O)c3ccccc3-c3ccc(C(F)(F)F)cc3)CC2)n1)C(C#N)c1ccncc1. The van der Waals surface area contributed by atoms with Crippen molar-refractivity contribution in [2.75, 3.05) is 13.1 Å². The van der Waals surface area contributed by atoms with Gasteiger partial charge in [0.05, 0.1) is 16.6 Å². The van der Waals surface area contributed by atoms with E-state index in [1.54, 1.807) is 59.1 Å². The highest BCUT2D eigenvalue weighted by Crippen LogP contribution is 2.35. The second-order valence-electron chi connectivity index (χ2n) is 10.9. The first-order valence-corrected chi connectivity index (χ1v) is 15.1. The van der Waals surface area contributed by atoms with Crippen LogP contribution in [-0.2, 0) is 6.18 Å². The van der Waals surface area contributed by atoms with E-state index >= 15 is 0 Å². The molecule has 0 saturated carbocycles. The molecule has 44 heavy (non-hydrogen) atoms. The number of amides is 2. The van der Waals surface area contributed by atoms with Crippen LogP contribution < -0.4 is 0 Å². The Bertz CT molecular complexity index is 1660. The average Bonchev–Trinajstić information content (AvgIpc) is 3.53. The molecule has 0 N–H and O–H groups in total. The van der Waals surface area contributed by atoms with E-state index in [9.17, 15) is 28.0 Å². The van der Waals surface area contributed by atoms with Crippen molar-refractivity contribution in [2.24, 2.45) is 0 Å². The highest BCUT2D eigenvalue weighted by atomic mass is 32.1. The topological polar surface area (TPSA) is 90.2 Å². The monoisotopic (exact) mass is 617 g/mol. The summed E-state index contributed by atoms with van der Waals surface area (Å²) in [5.74, 6) is -0.436. The van der Waals surface area contributed by atoms with Crippen LogP contribution in [0.4, 0.5) is 13.2 Å². The van der Waals surface area contributed by atoms with Gasteiger partial charge >= 0.3 is 6.18 Å². The molecule has 2 amide bonds. The van der Waals surface area contributed by atoms with Gasteiger partial charge in [-0.2, -0.15) is 18.4 Å². The first-order chi connectivity index (χ1) is 21.1. The predicted molar refractivity (Wildman–Crippen MR) is 161 cm³/mol. The molecular weight excluding hydrogens is 587 g/mol. The van der Waals surface area contributed by atoms with Gasteiger partial charge in [-0.25, -0.2) is 4.98 Å². The maximum atomic E-state index is 13.6. The van der Waals surface area contributed by atoms with Crippen LogP contribution in [0, 0.1) is 11.3 Å². The van der Waals surface area contributed by atoms with Crippen LogP contribution in [-0.4, -0.2) is 50.7 Å². The van der Waals surface area contributed by atoms with Crippen LogP contribution in [0.25, 0.3) is 11.1 Å². The summed E-state index contributed by atoms with van der Waals surface area (Å²) in [6.45, 7) is 4.67. The van der Waals surface area contributed by atoms with Gasteiger partial charge in [-0.05, 0) is 73.7 Å². The van der Waals surface area contributed by atoms with Crippen LogP contribution >= 0.6 is 11.3 Å². The molecule has 0 spiro atoms. The molecule has 1 unspecified atom stereocenters. The molecule has 11 heteroatoms. The summed E-state index contributed by atoms with van der Waals surface area (Å²) < 4.78 is 39.1. The van der Waals surface area contributed by atoms with Crippen molar-refractivity contribution in [3.8, 4) is 17.2 Å². The molecule has 1 fully saturated rings. The number of likely N-dealkylation sites (tertiary alicyclic amines) is 1. The fraction of sp³-hybridized carbons (Fsp3) is 0.303. The van der Waals surface area contributed by atoms with Crippen molar-refractivity contribution in [3.05, 3.63) is 106 Å². The number of benzene rings is 2. The minimum atomic E-state index is -4.43. The molecule has 1 saturated heterocycles. The maximum Gasteiger partial charge on any atom is 0.416 e. The van der Waals surface area contributed by atoms with E-state index in [0.717, 1.165) is 17.1 Å². The van der Waals surface area contributed by atoms with E-state index in [1.165, 1.54) is 28.4 Å². The number of carbonyl (C=O) groups excluding carboxylic acids is 2. The fourth-order valence-electron chi connectivity index (χ4n) is 5.46. The normalized spacial score (nSPS) is 14.7. The second-order valence-corrected chi connectivity index (χ2v) is 11.8. The Morgan fingerprint density at radius 3 is 2.30 bits per heavy atom. The first kappa shape index (κ1) is 30.9. The lowest BCUT2D eigenvalue weighted by Crippen LogP contribution is -2.40. The molecule has 3 heterocycles. The van der Waals surface area contributed by atoms with Crippen molar-refractivity contribution in [3.63, 3.8) is 0 Å². The molecule has 4 aromatic rings. The van der Waals surface area contributed by atoms with Gasteiger partial charge in [-0.3, -0.25) is 14.6 Å². The smallest absolute Gasteiger partial charge is 0.339 e. The quantitative estimate of drug-likeness (QED) is 0.216. The highest BCUT2D eigenvalue weighted by Gasteiger charge is 2.33. The van der Waals surface area contributed by atoms with Gasteiger partial charge < -0.3 is 9.80 Å². The lowest BCUT2D eigenvalue weighted by molar-refractivity contribution is -0.137. The van der Waals surface area contributed by atoms with E-state index in [4.69, 9.17) is 0 Å². The van der Waals surface area contributed by atoms with Gasteiger partial charge in [-0.15, -0.1) is 11.3 Å². The summed E-state index contributed by atoms with van der Waals surface area (Å²) in [7, 11) is 0. The number of alkyl halides is 3. The highest BCUT2D eigenvalue weighted by molar-refractivity contribution is 7.09. The Morgan fingerprint density at radius 1 is 1.02 bits per heavy atom. The summed E-state index contributed by atoms with van der Waals surface area (Å²) in [5, 5.41) is 12.5. The maximum absolute atomic E-state index is 13.6. The summed E-state index contributed by atoms with van der Waals surface area (Å²) in [5.41, 5.74) is 1.77. The average molecular weight is 618 g/mol. The molecule has 226 valence electrons. The van der Waals surface area contributed by atoms with Crippen molar-refractivity contribution in [2.45, 2.75) is 50.9 Å². The van der Waals surface area contributed by atoms with Crippen LogP contribution in [0.15, 0.2) is 78.4 Å². The number of nitrogens with zero attached hydrogens (tertiary/aromatic N) is 5. The number of hydrogen-bond donors (Lipinski definition) is 0. The van der Waals surface area contributed by atoms with Crippen molar-refractivity contribution in [1.29, 1.82) is 5.26 Å². The summed E-state index contributed by atoms with van der Waals surface area (Å²) in [4.78, 5) is 39.1. The third kappa shape index (κ3) is 6.50. The molecule has 5 rings (SSSR count). The first-order valence-electron chi connectivity index (χ1n) is 14.2. The standard InChI is InChI=1S/C33H30F3N5O2S/c1-21(2)41(29(19-37)23-11-15-38-16-12-23)32(43)28-20-44-30(39-28)24-13-17-40(18-14-24)31(42)27-6-4-3-5-26(27)22-7-9-25(10-8-22)33(34,35)36/h3-12,15-16,20-21,24,29H,13-14,17-18H2,1-2H3. The van der Waals surface area contributed by atoms with Crippen molar-refractivity contribution >= 4 is 23.2 Å². The Balaban J connectivity index is 1.27. The molecule has 0 aliphatic carbocycles. The number of aromatic nitrogens is 2. The minimum absolute atomic E-state index is 0.0650. The Hall–Kier alpha value is -4.56. The zero-order valence-electron chi connectivity index (χ0n) is 24.2. The van der Waals surface area contributed by atoms with Gasteiger partial charge in [0.15, 0.2) is 0 Å². The number of carbonyl (C=O) groups is 2. The van der Waals surface area contributed by atoms with Crippen molar-refractivity contribution < 1.29 is 22.8 Å². The predicted octanol–water partition coefficient (Wildman–Crippen LogP) is 7.36. The Labute approximate surface area is 257 Å². The summed E-state index contributed by atoms with van der Waals surface area (Å²) in [6.07, 6.45) is 0.0564. The molecule has 1 aliphatic rings. The van der Waals surface area contributed by atoms with Gasteiger partial charge in [0, 0.05) is 48.4 Å². The molecule has 1 atom stereocenters. The van der Waals surface area contributed by atoms with E-state index < -0.39 is 17.8 Å². The van der Waals surface area contributed by atoms with E-state index in [-0.39, 0.29) is 29.5 Å². The Kier molecular flexibility index (Phi) is 9.11. The third-order valence-corrected chi connectivity index (χ3v) is 8.77. The number of rotatable bonds is 7. The molecule has 2 aromatic heterocycles. The van der Waals surface area contributed by atoms with Gasteiger partial charge in [0.25, 0.3) is 11.8 Å². The zero-order valence-corrected chi connectivity index (χ0v) is 25.0. The third-order valence-electron chi connectivity index (χ3n) is 7.77. The van der Waals surface area contributed by atoms with Crippen molar-refractivity contribution in [1.82, 2.24) is 19.8 Å². The zero-order chi connectivity index (χ0) is 31.4. The minimum Gasteiger partial charge on any atom is -0.339 e. The van der Waals surface area contributed by atoms with Crippen LogP contribution in [0.3, 0.4) is 0 Å². The molecular formula is C33H30F3N5O2S. The van der Waals surface area contributed by atoms with Gasteiger partial charge in [0.1, 0.15) is 11.7 Å². The number of thiazole rings is 1. The molecule has 0 bridgehead atoms. The number of piperidine rings is 1.